The van der Waals surface area contributed by atoms with Crippen molar-refractivity contribution in [1.29, 1.82) is 0 Å². The van der Waals surface area contributed by atoms with Gasteiger partial charge in [-0.3, -0.25) is 0 Å². The third kappa shape index (κ3) is 3.16. The van der Waals surface area contributed by atoms with Crippen LogP contribution in [0.3, 0.4) is 0 Å². The summed E-state index contributed by atoms with van der Waals surface area (Å²) in [6, 6.07) is 9.09. The molecule has 2 rings (SSSR count). The molecule has 1 aromatic rings. The van der Waals surface area contributed by atoms with Crippen molar-refractivity contribution < 1.29 is 0 Å². The Morgan fingerprint density at radius 1 is 1.44 bits per heavy atom. The highest BCUT2D eigenvalue weighted by molar-refractivity contribution is 7.99. The summed E-state index contributed by atoms with van der Waals surface area (Å²) < 4.78 is 0. The second-order valence-corrected chi connectivity index (χ2v) is 5.88. The van der Waals surface area contributed by atoms with Crippen LogP contribution < -0.4 is 5.32 Å². The van der Waals surface area contributed by atoms with E-state index in [0.717, 1.165) is 5.02 Å². The summed E-state index contributed by atoms with van der Waals surface area (Å²) in [4.78, 5) is 0. The highest BCUT2D eigenvalue weighted by Crippen LogP contribution is 2.25. The maximum absolute atomic E-state index is 6.19. The van der Waals surface area contributed by atoms with Gasteiger partial charge in [-0.25, -0.2) is 0 Å². The molecule has 2 unspecified atom stereocenters. The Balaban J connectivity index is 1.96. The predicted molar refractivity (Wildman–Crippen MR) is 73.3 cm³/mol. The van der Waals surface area contributed by atoms with Crippen LogP contribution in [-0.2, 0) is 0 Å². The van der Waals surface area contributed by atoms with Crippen LogP contribution in [0.4, 0.5) is 0 Å². The minimum absolute atomic E-state index is 0.345. The summed E-state index contributed by atoms with van der Waals surface area (Å²) in [5.41, 5.74) is 1.21. The van der Waals surface area contributed by atoms with E-state index in [4.69, 9.17) is 11.6 Å². The lowest BCUT2D eigenvalue weighted by molar-refractivity contribution is 0.453. The topological polar surface area (TPSA) is 12.0 Å². The van der Waals surface area contributed by atoms with Crippen LogP contribution in [0.2, 0.25) is 5.02 Å². The summed E-state index contributed by atoms with van der Waals surface area (Å²) in [6.45, 7) is 2.19. The van der Waals surface area contributed by atoms with Gasteiger partial charge in [0.1, 0.15) is 0 Å². The number of halogens is 1. The van der Waals surface area contributed by atoms with Crippen molar-refractivity contribution in [3.05, 3.63) is 34.9 Å². The summed E-state index contributed by atoms with van der Waals surface area (Å²) in [7, 11) is 0. The van der Waals surface area contributed by atoms with Gasteiger partial charge in [-0.2, -0.15) is 11.8 Å². The fourth-order valence-electron chi connectivity index (χ4n) is 2.14. The summed E-state index contributed by atoms with van der Waals surface area (Å²) in [6.07, 6.45) is 2.62. The van der Waals surface area contributed by atoms with Crippen LogP contribution in [0.1, 0.15) is 31.4 Å². The van der Waals surface area contributed by atoms with Gasteiger partial charge in [0, 0.05) is 22.9 Å². The molecule has 0 bridgehead atoms. The van der Waals surface area contributed by atoms with Crippen molar-refractivity contribution in [1.82, 2.24) is 5.32 Å². The number of hydrogen-bond acceptors (Lipinski definition) is 2. The van der Waals surface area contributed by atoms with Crippen LogP contribution in [-0.4, -0.2) is 17.5 Å². The highest BCUT2D eigenvalue weighted by atomic mass is 35.5. The first-order valence-electron chi connectivity index (χ1n) is 5.85. The molecule has 1 aliphatic rings. The molecule has 1 N–H and O–H groups in total. The second kappa shape index (κ2) is 5.95. The van der Waals surface area contributed by atoms with Crippen molar-refractivity contribution in [2.75, 3.05) is 11.5 Å². The largest absolute Gasteiger partial charge is 0.307 e. The van der Waals surface area contributed by atoms with E-state index in [0.29, 0.717) is 12.1 Å². The molecular formula is C13H18ClNS. The molecular weight excluding hydrogens is 238 g/mol. The molecule has 3 heteroatoms. The van der Waals surface area contributed by atoms with E-state index in [-0.39, 0.29) is 0 Å². The van der Waals surface area contributed by atoms with Gasteiger partial charge in [-0.05, 0) is 37.1 Å². The average Bonchev–Trinajstić information content (AvgIpc) is 2.31. The number of thioether (sulfide) groups is 1. The van der Waals surface area contributed by atoms with Crippen LogP contribution in [0.5, 0.6) is 0 Å². The summed E-state index contributed by atoms with van der Waals surface area (Å²) >= 11 is 8.24. The minimum atomic E-state index is 0.345. The fraction of sp³-hybridized carbons (Fsp3) is 0.538. The molecule has 1 heterocycles. The standard InChI is InChI=1S/C13H18ClNS/c1-10(12-6-2-3-7-13(12)14)15-11-5-4-8-16-9-11/h2-3,6-7,10-11,15H,4-5,8-9H2,1H3. The molecule has 16 heavy (non-hydrogen) atoms. The lowest BCUT2D eigenvalue weighted by atomic mass is 10.1. The zero-order valence-corrected chi connectivity index (χ0v) is 11.2. The fourth-order valence-corrected chi connectivity index (χ4v) is 3.53. The monoisotopic (exact) mass is 255 g/mol. The van der Waals surface area contributed by atoms with Gasteiger partial charge >= 0.3 is 0 Å². The predicted octanol–water partition coefficient (Wildman–Crippen LogP) is 3.89. The molecule has 0 amide bonds. The Hall–Kier alpha value is -0.180. The molecule has 1 nitrogen and oxygen atoms in total. The molecule has 1 aromatic carbocycles. The third-order valence-electron chi connectivity index (χ3n) is 3.02. The number of nitrogens with one attached hydrogen (secondary N) is 1. The van der Waals surface area contributed by atoms with Crippen molar-refractivity contribution in [3.63, 3.8) is 0 Å². The lowest BCUT2D eigenvalue weighted by Crippen LogP contribution is -2.35. The smallest absolute Gasteiger partial charge is 0.0453 e. The van der Waals surface area contributed by atoms with Gasteiger partial charge in [-0.1, -0.05) is 29.8 Å². The molecule has 0 radical (unpaired) electrons. The Labute approximate surface area is 107 Å². The Bertz CT molecular complexity index is 336. The van der Waals surface area contributed by atoms with Crippen LogP contribution >= 0.6 is 23.4 Å². The zero-order valence-electron chi connectivity index (χ0n) is 9.58. The van der Waals surface area contributed by atoms with Crippen molar-refractivity contribution in [3.8, 4) is 0 Å². The van der Waals surface area contributed by atoms with Crippen molar-refractivity contribution >= 4 is 23.4 Å². The van der Waals surface area contributed by atoms with Crippen molar-refractivity contribution in [2.45, 2.75) is 31.8 Å². The number of benzene rings is 1. The van der Waals surface area contributed by atoms with Crippen molar-refractivity contribution in [2.24, 2.45) is 0 Å². The summed E-state index contributed by atoms with van der Waals surface area (Å²) in [5.74, 6) is 2.55. The zero-order chi connectivity index (χ0) is 11.4. The first kappa shape index (κ1) is 12.3. The van der Waals surface area contributed by atoms with E-state index < -0.39 is 0 Å². The molecule has 0 spiro atoms. The second-order valence-electron chi connectivity index (χ2n) is 4.32. The Morgan fingerprint density at radius 2 is 2.25 bits per heavy atom. The SMILES string of the molecule is CC(NC1CCCSC1)c1ccccc1Cl. The molecule has 1 saturated heterocycles. The first-order chi connectivity index (χ1) is 7.77. The molecule has 1 fully saturated rings. The molecule has 0 aliphatic carbocycles. The van der Waals surface area contributed by atoms with E-state index >= 15 is 0 Å². The number of hydrogen-bond donors (Lipinski definition) is 1. The maximum Gasteiger partial charge on any atom is 0.0453 e. The quantitative estimate of drug-likeness (QED) is 0.880. The van der Waals surface area contributed by atoms with Gasteiger partial charge in [0.25, 0.3) is 0 Å². The summed E-state index contributed by atoms with van der Waals surface area (Å²) in [5, 5.41) is 4.54. The normalized spacial score (nSPS) is 23.0. The molecule has 88 valence electrons. The van der Waals surface area contributed by atoms with Gasteiger partial charge in [0.2, 0.25) is 0 Å². The average molecular weight is 256 g/mol. The van der Waals surface area contributed by atoms with Gasteiger partial charge in [0.15, 0.2) is 0 Å². The Morgan fingerprint density at radius 3 is 2.94 bits per heavy atom. The third-order valence-corrected chi connectivity index (χ3v) is 4.58. The van der Waals surface area contributed by atoms with E-state index in [1.54, 1.807) is 0 Å². The lowest BCUT2D eigenvalue weighted by Gasteiger charge is -2.26. The Kier molecular flexibility index (Phi) is 4.56. The molecule has 1 aliphatic heterocycles. The molecule has 0 aromatic heterocycles. The van der Waals surface area contributed by atoms with E-state index in [2.05, 4.69) is 24.4 Å². The molecule has 2 atom stereocenters. The van der Waals surface area contributed by atoms with Gasteiger partial charge < -0.3 is 5.32 Å². The van der Waals surface area contributed by atoms with E-state index in [1.165, 1.54) is 29.9 Å². The van der Waals surface area contributed by atoms with E-state index in [9.17, 15) is 0 Å². The van der Waals surface area contributed by atoms with Gasteiger partial charge in [0.05, 0.1) is 0 Å². The van der Waals surface area contributed by atoms with Crippen LogP contribution in [0, 0.1) is 0 Å². The van der Waals surface area contributed by atoms with E-state index in [1.807, 2.05) is 23.9 Å². The number of rotatable bonds is 3. The van der Waals surface area contributed by atoms with Crippen LogP contribution in [0.25, 0.3) is 0 Å². The highest BCUT2D eigenvalue weighted by Gasteiger charge is 2.17. The molecule has 0 saturated carbocycles. The van der Waals surface area contributed by atoms with Crippen LogP contribution in [0.15, 0.2) is 24.3 Å². The first-order valence-corrected chi connectivity index (χ1v) is 7.39. The van der Waals surface area contributed by atoms with Gasteiger partial charge in [-0.15, -0.1) is 0 Å². The minimum Gasteiger partial charge on any atom is -0.307 e. The maximum atomic E-state index is 6.19.